The van der Waals surface area contributed by atoms with Crippen molar-refractivity contribution in [1.82, 2.24) is 25.8 Å². The van der Waals surface area contributed by atoms with Crippen LogP contribution in [0.1, 0.15) is 126 Å². The Morgan fingerprint density at radius 3 is 2.30 bits per heavy atom. The molecule has 1 aromatic rings. The molecule has 5 bridgehead atoms. The van der Waals surface area contributed by atoms with E-state index in [0.29, 0.717) is 64.4 Å². The van der Waals surface area contributed by atoms with E-state index in [9.17, 15) is 39.3 Å². The van der Waals surface area contributed by atoms with Gasteiger partial charge in [-0.1, -0.05) is 66.7 Å². The van der Waals surface area contributed by atoms with Crippen molar-refractivity contribution in [2.45, 2.75) is 131 Å². The van der Waals surface area contributed by atoms with E-state index in [2.05, 4.69) is 39.6 Å². The summed E-state index contributed by atoms with van der Waals surface area (Å²) in [6, 6.07) is 0. The minimum absolute atomic E-state index is 0.0182. The van der Waals surface area contributed by atoms with Gasteiger partial charge in [0, 0.05) is 93.5 Å². The number of carbonyl (C=O) groups excluding carboxylic acids is 5. The van der Waals surface area contributed by atoms with Crippen molar-refractivity contribution in [2.24, 2.45) is 40.5 Å². The lowest BCUT2D eigenvalue weighted by Gasteiger charge is -2.38. The topological polar surface area (TPSA) is 238 Å². The number of likely N-dealkylation sites (tertiary alicyclic amines) is 1. The summed E-state index contributed by atoms with van der Waals surface area (Å²) in [7, 11) is 0. The van der Waals surface area contributed by atoms with Gasteiger partial charge in [-0.2, -0.15) is 0 Å². The maximum Gasteiger partial charge on any atom is 0.315 e. The number of nitrogens with zero attached hydrogens (tertiary/aromatic N) is 3. The van der Waals surface area contributed by atoms with Crippen LogP contribution in [-0.2, 0) is 28.6 Å². The number of rotatable bonds is 10. The highest BCUT2D eigenvalue weighted by molar-refractivity contribution is 6.34. The number of phenols is 1. The number of carbonyl (C=O) groups is 5. The average Bonchev–Trinajstić information content (AvgIpc) is 3.86. The third kappa shape index (κ3) is 11.8. The predicted octanol–water partition coefficient (Wildman–Crippen LogP) is 4.84. The van der Waals surface area contributed by atoms with Crippen LogP contribution in [0.15, 0.2) is 52.5 Å². The molecular weight excluding hydrogens is 937 g/mol. The van der Waals surface area contributed by atoms with Gasteiger partial charge in [0.1, 0.15) is 35.4 Å². The molecule has 8 rings (SSSR count). The number of morpholine rings is 1. The van der Waals surface area contributed by atoms with Gasteiger partial charge in [0.05, 0.1) is 54.2 Å². The molecule has 6 N–H and O–H groups in total. The fraction of sp³-hybridized carbons (Fsp3) is 0.636. The second kappa shape index (κ2) is 23.0. The summed E-state index contributed by atoms with van der Waals surface area (Å²) in [4.78, 5) is 80.4. The van der Waals surface area contributed by atoms with Crippen LogP contribution in [0.5, 0.6) is 11.5 Å². The lowest BCUT2D eigenvalue weighted by molar-refractivity contribution is -0.162. The number of phenolic OH excluding ortho intramolecular Hbond substituents is 1. The van der Waals surface area contributed by atoms with Gasteiger partial charge in [-0.25, -0.2) is 0 Å². The van der Waals surface area contributed by atoms with Crippen LogP contribution in [0.4, 0.5) is 0 Å². The summed E-state index contributed by atoms with van der Waals surface area (Å²) in [6.07, 6.45) is 6.55. The van der Waals surface area contributed by atoms with Gasteiger partial charge in [0.15, 0.2) is 0 Å². The van der Waals surface area contributed by atoms with E-state index in [1.165, 1.54) is 13.2 Å². The van der Waals surface area contributed by atoms with E-state index in [-0.39, 0.29) is 56.6 Å². The van der Waals surface area contributed by atoms with Crippen molar-refractivity contribution in [3.05, 3.63) is 69.8 Å². The number of aromatic hydroxyl groups is 1. The molecule has 18 nitrogen and oxygen atoms in total. The molecule has 6 aliphatic heterocycles. The van der Waals surface area contributed by atoms with E-state index < -0.39 is 95.0 Å². The maximum absolute atomic E-state index is 14.9. The number of aliphatic imine (C=N–C) groups is 1. The Kier molecular flexibility index (Phi) is 17.4. The minimum atomic E-state index is -1.98. The Balaban J connectivity index is 1.23. The Labute approximate surface area is 429 Å². The van der Waals surface area contributed by atoms with Crippen molar-refractivity contribution >= 4 is 35.1 Å². The molecule has 400 valence electrons. The molecule has 1 spiro atoms. The number of ketones is 2. The summed E-state index contributed by atoms with van der Waals surface area (Å²) < 4.78 is 24.2. The quantitative estimate of drug-likeness (QED) is 0.105. The molecular formula is C55H78N6O12. The molecule has 1 aliphatic carbocycles. The smallest absolute Gasteiger partial charge is 0.315 e. The number of benzene rings is 1. The highest BCUT2D eigenvalue weighted by atomic mass is 16.7. The zero-order chi connectivity index (χ0) is 53.1. The Morgan fingerprint density at radius 2 is 1.63 bits per heavy atom. The second-order valence-corrected chi connectivity index (χ2v) is 21.6. The Bertz CT molecular complexity index is 2450. The highest BCUT2D eigenvalue weighted by Crippen LogP contribution is 2.50. The molecule has 2 fully saturated rings. The minimum Gasteiger partial charge on any atom is -0.507 e. The fourth-order valence-corrected chi connectivity index (χ4v) is 11.1. The van der Waals surface area contributed by atoms with Crippen molar-refractivity contribution in [3.8, 4) is 11.5 Å². The summed E-state index contributed by atoms with van der Waals surface area (Å²) in [6.45, 7) is 24.4. The van der Waals surface area contributed by atoms with Crippen LogP contribution in [0.25, 0.3) is 0 Å². The molecule has 1 aromatic carbocycles. The monoisotopic (exact) mass is 1010 g/mol. The first-order valence-electron chi connectivity index (χ1n) is 26.3. The number of esters is 1. The first-order valence-corrected chi connectivity index (χ1v) is 26.3. The Hall–Kier alpha value is -5.40. The van der Waals surface area contributed by atoms with Gasteiger partial charge >= 0.3 is 11.8 Å². The van der Waals surface area contributed by atoms with Crippen molar-refractivity contribution < 1.29 is 58.2 Å². The largest absolute Gasteiger partial charge is 0.507 e. The number of allylic oxidation sites excluding steroid dienone is 5. The van der Waals surface area contributed by atoms with E-state index in [1.807, 2.05) is 13.8 Å². The molecule has 6 heterocycles. The van der Waals surface area contributed by atoms with Crippen LogP contribution < -0.4 is 20.7 Å². The first-order chi connectivity index (χ1) is 34.6. The number of ether oxygens (including phenoxy) is 4. The van der Waals surface area contributed by atoms with Crippen molar-refractivity contribution in [2.75, 3.05) is 59.0 Å². The molecule has 2 saturated heterocycles. The summed E-state index contributed by atoms with van der Waals surface area (Å²) in [5.41, 5.74) is -0.236. The average molecular weight is 1020 g/mol. The van der Waals surface area contributed by atoms with Crippen LogP contribution in [0, 0.1) is 42.4 Å². The normalized spacial score (nSPS) is 31.7. The van der Waals surface area contributed by atoms with Gasteiger partial charge in [-0.15, -0.1) is 0 Å². The molecule has 7 aliphatic rings. The van der Waals surface area contributed by atoms with E-state index in [4.69, 9.17) is 23.9 Å². The lowest BCUT2D eigenvalue weighted by atomic mass is 9.76. The zero-order valence-electron chi connectivity index (χ0n) is 44.3. The predicted molar refractivity (Wildman–Crippen MR) is 274 cm³/mol. The van der Waals surface area contributed by atoms with Crippen LogP contribution in [-0.4, -0.2) is 149 Å². The lowest BCUT2D eigenvalue weighted by Crippen LogP contribution is -2.50. The summed E-state index contributed by atoms with van der Waals surface area (Å²) >= 11 is 0. The van der Waals surface area contributed by atoms with Crippen LogP contribution in [0.2, 0.25) is 0 Å². The standard InChI is InChI=1S/C55H78N6O12/c1-11-37-16-25-71-54(10)52(68)42-40-41(48(66)36(9)51(42)73-54)49(67)45(44-43(40)58-55(59-44)17-21-61(22-18-55)29-30(2)3)57-53(69)32(5)15-12-14-31(4)46(64)34(7)47(65)35(8)50(33(37)6)72-39(63)28-38(62)56-19-13-20-60-23-26-70-27-24-60/h12,14-16,25,30-31,33-35,37,46-47,50,59,64-66H,11,13,17-24,26-29H2,1-10H3,(H,56,62)(H,57,69)/b14-12+,25-16+,32-15-/t31-,33+,34+,35+,37-,46-,47+,50+,54-/m0/s1. The fourth-order valence-electron chi connectivity index (χ4n) is 11.1. The van der Waals surface area contributed by atoms with Crippen LogP contribution >= 0.6 is 0 Å². The van der Waals surface area contributed by atoms with Crippen LogP contribution in [0.3, 0.4) is 0 Å². The zero-order valence-corrected chi connectivity index (χ0v) is 44.3. The SMILES string of the molecule is CC[C@H]1/C=C/O[C@@]2(C)Oc3c(C)c(O)c4c(c3C2=O)C2=NC3(CCN(CC(C)C)CC3)NC2=C(NC(=O)/C(C)=C\C=C\[C@H](C)[C@H](O)[C@@H](C)[C@@H](O)[C@@H](C)[C@H](OC(=O)CC(=O)NCCCN2CCOCC2)[C@@H]1C)C4=O. The Morgan fingerprint density at radius 1 is 0.932 bits per heavy atom. The third-order valence-corrected chi connectivity index (χ3v) is 15.7. The molecule has 2 amide bonds. The van der Waals surface area contributed by atoms with E-state index >= 15 is 0 Å². The van der Waals surface area contributed by atoms with Gasteiger partial charge in [0.2, 0.25) is 11.7 Å². The van der Waals surface area contributed by atoms with Gasteiger partial charge in [-0.3, -0.25) is 33.9 Å². The number of aliphatic hydroxyl groups is 2. The molecule has 0 saturated carbocycles. The molecule has 0 aromatic heterocycles. The number of piperidine rings is 1. The van der Waals surface area contributed by atoms with E-state index in [0.717, 1.165) is 26.2 Å². The van der Waals surface area contributed by atoms with E-state index in [1.54, 1.807) is 58.9 Å². The molecule has 0 unspecified atom stereocenters. The molecule has 73 heavy (non-hydrogen) atoms. The number of aliphatic hydroxyl groups excluding tert-OH is 2. The maximum atomic E-state index is 14.9. The van der Waals surface area contributed by atoms with Crippen molar-refractivity contribution in [1.29, 1.82) is 0 Å². The summed E-state index contributed by atoms with van der Waals surface area (Å²) in [5, 5.41) is 44.7. The van der Waals surface area contributed by atoms with Gasteiger partial charge < -0.3 is 55.1 Å². The third-order valence-electron chi connectivity index (χ3n) is 15.7. The molecule has 18 heteroatoms. The number of amides is 2. The number of Topliss-reactive ketones (excluding diaryl/α,β-unsaturated/α-hetero) is 2. The number of nitrogens with one attached hydrogen (secondary N) is 3. The van der Waals surface area contributed by atoms with Gasteiger partial charge in [0.25, 0.3) is 11.7 Å². The van der Waals surface area contributed by atoms with Gasteiger partial charge in [-0.05, 0) is 57.1 Å². The number of fused-ring (bicyclic) bond motifs is 13. The first kappa shape index (κ1) is 55.4. The molecule has 0 radical (unpaired) electrons. The highest BCUT2D eigenvalue weighted by Gasteiger charge is 2.54. The summed E-state index contributed by atoms with van der Waals surface area (Å²) in [5.74, 6) is -8.00. The second-order valence-electron chi connectivity index (χ2n) is 21.6. The van der Waals surface area contributed by atoms with Crippen molar-refractivity contribution in [3.63, 3.8) is 0 Å². The number of hydrogen-bond acceptors (Lipinski definition) is 16. The molecule has 9 atom stereocenters. The number of hydrogen-bond donors (Lipinski definition) is 6.